The van der Waals surface area contributed by atoms with Gasteiger partial charge in [-0.2, -0.15) is 4.31 Å². The molecule has 1 amide bonds. The first-order valence-corrected chi connectivity index (χ1v) is 11.7. The molecule has 3 aromatic rings. The van der Waals surface area contributed by atoms with Gasteiger partial charge in [0.1, 0.15) is 11.3 Å². The van der Waals surface area contributed by atoms with Crippen molar-refractivity contribution in [3.8, 4) is 11.6 Å². The van der Waals surface area contributed by atoms with Gasteiger partial charge in [-0.3, -0.25) is 4.79 Å². The molecule has 1 aliphatic heterocycles. The van der Waals surface area contributed by atoms with E-state index >= 15 is 0 Å². The van der Waals surface area contributed by atoms with E-state index in [1.165, 1.54) is 22.6 Å². The van der Waals surface area contributed by atoms with Crippen LogP contribution in [0.4, 0.5) is 5.69 Å². The molecule has 1 N–H and O–H groups in total. The van der Waals surface area contributed by atoms with Crippen molar-refractivity contribution in [2.45, 2.75) is 4.90 Å². The van der Waals surface area contributed by atoms with Gasteiger partial charge < -0.3 is 15.0 Å². The fourth-order valence-electron chi connectivity index (χ4n) is 3.36. The highest BCUT2D eigenvalue weighted by atomic mass is 32.2. The van der Waals surface area contributed by atoms with E-state index in [9.17, 15) is 13.2 Å². The maximum atomic E-state index is 13.0. The minimum atomic E-state index is -3.64. The molecule has 0 bridgehead atoms. The van der Waals surface area contributed by atoms with E-state index in [0.29, 0.717) is 37.6 Å². The second kappa shape index (κ2) is 9.47. The van der Waals surface area contributed by atoms with Crippen LogP contribution in [0.1, 0.15) is 10.4 Å². The molecule has 0 atom stereocenters. The van der Waals surface area contributed by atoms with Gasteiger partial charge in [0.05, 0.1) is 4.90 Å². The van der Waals surface area contributed by atoms with Crippen LogP contribution in [0, 0.1) is 0 Å². The number of anilines is 1. The molecule has 0 saturated carbocycles. The van der Waals surface area contributed by atoms with Crippen LogP contribution >= 0.6 is 0 Å². The summed E-state index contributed by atoms with van der Waals surface area (Å²) < 4.78 is 33.3. The van der Waals surface area contributed by atoms with E-state index < -0.39 is 15.9 Å². The number of carbonyl (C=O) groups is 1. The Morgan fingerprint density at radius 1 is 0.969 bits per heavy atom. The molecule has 4 rings (SSSR count). The van der Waals surface area contributed by atoms with E-state index in [-0.39, 0.29) is 16.3 Å². The van der Waals surface area contributed by atoms with Crippen molar-refractivity contribution in [1.82, 2.24) is 14.2 Å². The largest absolute Gasteiger partial charge is 0.438 e. The number of sulfonamides is 1. The summed E-state index contributed by atoms with van der Waals surface area (Å²) >= 11 is 0. The summed E-state index contributed by atoms with van der Waals surface area (Å²) in [5.41, 5.74) is 0.614. The van der Waals surface area contributed by atoms with E-state index in [0.717, 1.165) is 0 Å². The van der Waals surface area contributed by atoms with E-state index in [1.807, 2.05) is 25.2 Å². The highest BCUT2D eigenvalue weighted by Crippen LogP contribution is 2.25. The van der Waals surface area contributed by atoms with Gasteiger partial charge in [-0.1, -0.05) is 24.3 Å². The Bertz CT molecular complexity index is 1190. The Hall–Kier alpha value is -3.27. The average molecular weight is 453 g/mol. The lowest BCUT2D eigenvalue weighted by Gasteiger charge is -2.31. The van der Waals surface area contributed by atoms with Crippen molar-refractivity contribution in [2.24, 2.45) is 0 Å². The molecule has 2 heterocycles. The summed E-state index contributed by atoms with van der Waals surface area (Å²) in [6, 6.07) is 18.6. The fourth-order valence-corrected chi connectivity index (χ4v) is 4.82. The van der Waals surface area contributed by atoms with Crippen molar-refractivity contribution in [3.05, 3.63) is 78.5 Å². The Labute approximate surface area is 187 Å². The number of carbonyl (C=O) groups excluding carboxylic acids is 1. The smallest absolute Gasteiger partial charge is 0.261 e. The number of ether oxygens (including phenoxy) is 1. The van der Waals surface area contributed by atoms with Crippen LogP contribution < -0.4 is 10.1 Å². The zero-order chi connectivity index (χ0) is 22.6. The summed E-state index contributed by atoms with van der Waals surface area (Å²) in [6.45, 7) is 2.23. The first-order chi connectivity index (χ1) is 15.4. The molecule has 0 unspecified atom stereocenters. The zero-order valence-corrected chi connectivity index (χ0v) is 18.5. The summed E-state index contributed by atoms with van der Waals surface area (Å²) in [5, 5.41) is 2.76. The lowest BCUT2D eigenvalue weighted by atomic mass is 10.2. The second-order valence-electron chi connectivity index (χ2n) is 7.46. The molecule has 0 spiro atoms. The van der Waals surface area contributed by atoms with Gasteiger partial charge in [0.15, 0.2) is 0 Å². The topological polar surface area (TPSA) is 91.8 Å². The molecule has 9 heteroatoms. The molecule has 1 aromatic heterocycles. The first kappa shape index (κ1) is 21.9. The van der Waals surface area contributed by atoms with Crippen molar-refractivity contribution in [2.75, 3.05) is 38.5 Å². The van der Waals surface area contributed by atoms with Gasteiger partial charge in [-0.25, -0.2) is 13.4 Å². The van der Waals surface area contributed by atoms with Gasteiger partial charge in [-0.15, -0.1) is 0 Å². The number of benzene rings is 2. The molecule has 1 saturated heterocycles. The van der Waals surface area contributed by atoms with Crippen LogP contribution in [-0.4, -0.2) is 61.7 Å². The molecule has 1 fully saturated rings. The maximum absolute atomic E-state index is 13.0. The number of nitrogens with one attached hydrogen (secondary N) is 1. The van der Waals surface area contributed by atoms with Crippen LogP contribution in [0.15, 0.2) is 77.8 Å². The molecule has 8 nitrogen and oxygen atoms in total. The molecule has 2 aromatic carbocycles. The average Bonchev–Trinajstić information content (AvgIpc) is 2.80. The summed E-state index contributed by atoms with van der Waals surface area (Å²) in [7, 11) is -1.67. The number of piperazine rings is 1. The number of hydrogen-bond donors (Lipinski definition) is 1. The van der Waals surface area contributed by atoms with E-state index in [1.54, 1.807) is 36.4 Å². The van der Waals surface area contributed by atoms with Gasteiger partial charge in [0.25, 0.3) is 5.91 Å². The Morgan fingerprint density at radius 3 is 2.47 bits per heavy atom. The number of pyridine rings is 1. The highest BCUT2D eigenvalue weighted by Gasteiger charge is 2.27. The van der Waals surface area contributed by atoms with Crippen molar-refractivity contribution >= 4 is 21.6 Å². The number of amides is 1. The Morgan fingerprint density at radius 2 is 1.72 bits per heavy atom. The van der Waals surface area contributed by atoms with Gasteiger partial charge in [0.2, 0.25) is 15.9 Å². The highest BCUT2D eigenvalue weighted by molar-refractivity contribution is 7.89. The van der Waals surface area contributed by atoms with Crippen molar-refractivity contribution < 1.29 is 17.9 Å². The molecule has 166 valence electrons. The molecule has 0 radical (unpaired) electrons. The van der Waals surface area contributed by atoms with E-state index in [2.05, 4.69) is 15.2 Å². The number of hydrogen-bond acceptors (Lipinski definition) is 6. The summed E-state index contributed by atoms with van der Waals surface area (Å²) in [6.07, 6.45) is 1.54. The first-order valence-electron chi connectivity index (χ1n) is 10.2. The lowest BCUT2D eigenvalue weighted by molar-refractivity contribution is 0.102. The van der Waals surface area contributed by atoms with E-state index in [4.69, 9.17) is 4.74 Å². The summed E-state index contributed by atoms with van der Waals surface area (Å²) in [5.74, 6) is 0.274. The normalized spacial score (nSPS) is 15.3. The third kappa shape index (κ3) is 4.96. The van der Waals surface area contributed by atoms with Crippen LogP contribution in [0.5, 0.6) is 11.6 Å². The monoisotopic (exact) mass is 452 g/mol. The standard InChI is InChI=1S/C23H24N4O4S/c1-26-13-15-27(16-14-26)32(29,30)20-10-5-7-18(17-20)25-22(28)21-11-6-12-24-23(21)31-19-8-3-2-4-9-19/h2-12,17H,13-16H2,1H3,(H,25,28). The van der Waals surface area contributed by atoms with Gasteiger partial charge in [-0.05, 0) is 49.5 Å². The number of likely N-dealkylation sites (N-methyl/N-ethyl adjacent to an activating group) is 1. The van der Waals surface area contributed by atoms with Crippen LogP contribution in [0.2, 0.25) is 0 Å². The third-order valence-electron chi connectivity index (χ3n) is 5.17. The third-order valence-corrected chi connectivity index (χ3v) is 7.06. The SMILES string of the molecule is CN1CCN(S(=O)(=O)c2cccc(NC(=O)c3cccnc3Oc3ccccc3)c2)CC1. The Kier molecular flexibility index (Phi) is 6.50. The number of nitrogens with zero attached hydrogens (tertiary/aromatic N) is 3. The Balaban J connectivity index is 1.53. The molecule has 1 aliphatic rings. The lowest BCUT2D eigenvalue weighted by Crippen LogP contribution is -2.47. The van der Waals surface area contributed by atoms with Crippen LogP contribution in [-0.2, 0) is 10.0 Å². The molecular weight excluding hydrogens is 428 g/mol. The van der Waals surface area contributed by atoms with Crippen LogP contribution in [0.25, 0.3) is 0 Å². The number of rotatable bonds is 6. The fraction of sp³-hybridized carbons (Fsp3) is 0.217. The predicted molar refractivity (Wildman–Crippen MR) is 121 cm³/mol. The predicted octanol–water partition coefficient (Wildman–Crippen LogP) is 3.06. The minimum absolute atomic E-state index is 0.145. The second-order valence-corrected chi connectivity index (χ2v) is 9.40. The zero-order valence-electron chi connectivity index (χ0n) is 17.6. The maximum Gasteiger partial charge on any atom is 0.261 e. The number of para-hydroxylation sites is 1. The van der Waals surface area contributed by atoms with Gasteiger partial charge in [0, 0.05) is 38.1 Å². The molecular formula is C23H24N4O4S. The minimum Gasteiger partial charge on any atom is -0.438 e. The summed E-state index contributed by atoms with van der Waals surface area (Å²) in [4.78, 5) is 19.3. The van der Waals surface area contributed by atoms with Crippen molar-refractivity contribution in [3.63, 3.8) is 0 Å². The quantitative estimate of drug-likeness (QED) is 0.618. The number of aromatic nitrogens is 1. The van der Waals surface area contributed by atoms with Crippen LogP contribution in [0.3, 0.4) is 0 Å². The molecule has 0 aliphatic carbocycles. The van der Waals surface area contributed by atoms with Gasteiger partial charge >= 0.3 is 0 Å². The van der Waals surface area contributed by atoms with Crippen molar-refractivity contribution in [1.29, 1.82) is 0 Å². The molecule has 32 heavy (non-hydrogen) atoms.